The van der Waals surface area contributed by atoms with Crippen LogP contribution in [0.1, 0.15) is 80.5 Å². The lowest BCUT2D eigenvalue weighted by Gasteiger charge is -2.25. The van der Waals surface area contributed by atoms with E-state index >= 15 is 0 Å². The largest absolute Gasteiger partial charge is 0.458 e. The number of carbonyl (C=O) groups excluding carboxylic acids is 1. The van der Waals surface area contributed by atoms with Crippen molar-refractivity contribution in [3.8, 4) is 11.1 Å². The Morgan fingerprint density at radius 3 is 2.34 bits per heavy atom. The highest BCUT2D eigenvalue weighted by Crippen LogP contribution is 2.38. The number of carbonyl (C=O) groups is 1. The van der Waals surface area contributed by atoms with Crippen molar-refractivity contribution >= 4 is 12.0 Å². The second-order valence-electron chi connectivity index (χ2n) is 10.4. The first-order valence-electron chi connectivity index (χ1n) is 13.2. The number of pyridine rings is 1. The Balaban J connectivity index is 1.84. The van der Waals surface area contributed by atoms with E-state index in [2.05, 4.69) is 27.7 Å². The van der Waals surface area contributed by atoms with Crippen LogP contribution in [0.4, 0.5) is 4.39 Å². The van der Waals surface area contributed by atoms with Crippen LogP contribution in [0.5, 0.6) is 0 Å². The summed E-state index contributed by atoms with van der Waals surface area (Å²) in [5, 5.41) is 10.1. The first-order chi connectivity index (χ1) is 18.2. The van der Waals surface area contributed by atoms with E-state index in [1.807, 2.05) is 42.5 Å². The molecule has 1 saturated heterocycles. The zero-order valence-electron chi connectivity index (χ0n) is 22.5. The van der Waals surface area contributed by atoms with Gasteiger partial charge in [-0.05, 0) is 46.7 Å². The highest BCUT2D eigenvalue weighted by Gasteiger charge is 2.27. The van der Waals surface area contributed by atoms with Crippen molar-refractivity contribution in [1.29, 1.82) is 0 Å². The van der Waals surface area contributed by atoms with Gasteiger partial charge in [0.15, 0.2) is 0 Å². The molecule has 38 heavy (non-hydrogen) atoms. The molecule has 1 aliphatic rings. The normalized spacial score (nSPS) is 17.9. The van der Waals surface area contributed by atoms with E-state index in [4.69, 9.17) is 14.5 Å². The van der Waals surface area contributed by atoms with Crippen molar-refractivity contribution in [2.75, 3.05) is 0 Å². The molecule has 0 aliphatic carbocycles. The van der Waals surface area contributed by atoms with Gasteiger partial charge in [0.25, 0.3) is 0 Å². The maximum absolute atomic E-state index is 13.9. The van der Waals surface area contributed by atoms with Crippen molar-refractivity contribution in [3.05, 3.63) is 94.6 Å². The van der Waals surface area contributed by atoms with Gasteiger partial charge in [-0.25, -0.2) is 4.39 Å². The molecule has 6 heteroatoms. The monoisotopic (exact) mass is 517 g/mol. The zero-order valence-corrected chi connectivity index (χ0v) is 22.5. The summed E-state index contributed by atoms with van der Waals surface area (Å²) in [6.45, 7) is 9.19. The van der Waals surface area contributed by atoms with E-state index in [0.717, 1.165) is 39.2 Å². The SMILES string of the molecule is CC(C)c1nc(C(C)C)c(COCc2ccccc2)c(-c2ccc(F)cc2)c1/C=C/[C@@H]1C[C@@H](O)CC(=O)O1. The summed E-state index contributed by atoms with van der Waals surface area (Å²) in [7, 11) is 0. The predicted molar refractivity (Wildman–Crippen MR) is 147 cm³/mol. The number of hydrogen-bond acceptors (Lipinski definition) is 5. The quantitative estimate of drug-likeness (QED) is 0.312. The number of benzene rings is 2. The van der Waals surface area contributed by atoms with Crippen LogP contribution in [0.3, 0.4) is 0 Å². The van der Waals surface area contributed by atoms with Crippen LogP contribution in [-0.2, 0) is 27.5 Å². The molecule has 3 aromatic rings. The first kappa shape index (κ1) is 27.7. The summed E-state index contributed by atoms with van der Waals surface area (Å²) in [6.07, 6.45) is 2.85. The Hall–Kier alpha value is -3.35. The lowest BCUT2D eigenvalue weighted by atomic mass is 9.87. The molecular weight excluding hydrogens is 481 g/mol. The Bertz CT molecular complexity index is 1270. The molecule has 4 rings (SSSR count). The number of ether oxygens (including phenoxy) is 2. The van der Waals surface area contributed by atoms with Gasteiger partial charge in [-0.2, -0.15) is 0 Å². The third-order valence-electron chi connectivity index (χ3n) is 6.65. The number of aromatic nitrogens is 1. The van der Waals surface area contributed by atoms with Crippen molar-refractivity contribution in [3.63, 3.8) is 0 Å². The molecule has 5 nitrogen and oxygen atoms in total. The van der Waals surface area contributed by atoms with Crippen LogP contribution in [-0.4, -0.2) is 28.3 Å². The fourth-order valence-corrected chi connectivity index (χ4v) is 4.83. The predicted octanol–water partition coefficient (Wildman–Crippen LogP) is 6.93. The second-order valence-corrected chi connectivity index (χ2v) is 10.4. The standard InChI is InChI=1S/C32H36FNO4/c1-20(2)31-27(15-14-26-16-25(35)17-29(36)38-26)30(23-10-12-24(33)13-11-23)28(32(34-31)21(3)4)19-37-18-22-8-6-5-7-9-22/h5-15,20-21,25-26,35H,16-19H2,1-4H3/b15-14+/t25-,26-/m1/s1. The van der Waals surface area contributed by atoms with Crippen molar-refractivity contribution in [1.82, 2.24) is 4.98 Å². The lowest BCUT2D eigenvalue weighted by molar-refractivity contribution is -0.156. The summed E-state index contributed by atoms with van der Waals surface area (Å²) in [5.74, 6) is -0.484. The van der Waals surface area contributed by atoms with E-state index in [0.29, 0.717) is 19.6 Å². The minimum Gasteiger partial charge on any atom is -0.458 e. The van der Waals surface area contributed by atoms with Gasteiger partial charge >= 0.3 is 5.97 Å². The number of nitrogens with zero attached hydrogens (tertiary/aromatic N) is 1. The van der Waals surface area contributed by atoms with Gasteiger partial charge in [-0.1, -0.05) is 76.2 Å². The summed E-state index contributed by atoms with van der Waals surface area (Å²) in [6, 6.07) is 16.5. The van der Waals surface area contributed by atoms with Crippen LogP contribution in [0.2, 0.25) is 0 Å². The number of rotatable bonds is 9. The summed E-state index contributed by atoms with van der Waals surface area (Å²) < 4.78 is 25.6. The number of cyclic esters (lactones) is 1. The average molecular weight is 518 g/mol. The third kappa shape index (κ3) is 6.74. The maximum atomic E-state index is 13.9. The minimum absolute atomic E-state index is 0.00988. The molecule has 2 heterocycles. The maximum Gasteiger partial charge on any atom is 0.309 e. The minimum atomic E-state index is -0.726. The molecule has 1 aliphatic heterocycles. The van der Waals surface area contributed by atoms with Crippen molar-refractivity contribution < 1.29 is 23.8 Å². The molecule has 0 amide bonds. The number of halogens is 1. The van der Waals surface area contributed by atoms with E-state index in [9.17, 15) is 14.3 Å². The summed E-state index contributed by atoms with van der Waals surface area (Å²) in [4.78, 5) is 17.1. The van der Waals surface area contributed by atoms with Gasteiger partial charge in [-0.15, -0.1) is 0 Å². The number of aliphatic hydroxyl groups is 1. The topological polar surface area (TPSA) is 68.7 Å². The fourth-order valence-electron chi connectivity index (χ4n) is 4.83. The van der Waals surface area contributed by atoms with Gasteiger partial charge < -0.3 is 14.6 Å². The highest BCUT2D eigenvalue weighted by atomic mass is 19.1. The van der Waals surface area contributed by atoms with Crippen molar-refractivity contribution in [2.24, 2.45) is 0 Å². The molecule has 1 fully saturated rings. The molecule has 0 saturated carbocycles. The van der Waals surface area contributed by atoms with Gasteiger partial charge in [0.2, 0.25) is 0 Å². The molecular formula is C32H36FNO4. The molecule has 0 spiro atoms. The van der Waals surface area contributed by atoms with Gasteiger partial charge in [-0.3, -0.25) is 9.78 Å². The van der Waals surface area contributed by atoms with Crippen molar-refractivity contribution in [2.45, 2.75) is 77.8 Å². The summed E-state index contributed by atoms with van der Waals surface area (Å²) >= 11 is 0. The molecule has 200 valence electrons. The van der Waals surface area contributed by atoms with Crippen LogP contribution in [0.25, 0.3) is 17.2 Å². The molecule has 0 radical (unpaired) electrons. The van der Waals surface area contributed by atoms with Crippen LogP contribution < -0.4 is 0 Å². The van der Waals surface area contributed by atoms with Gasteiger partial charge in [0.1, 0.15) is 11.9 Å². The van der Waals surface area contributed by atoms with E-state index < -0.39 is 18.2 Å². The smallest absolute Gasteiger partial charge is 0.309 e. The van der Waals surface area contributed by atoms with Crippen LogP contribution >= 0.6 is 0 Å². The zero-order chi connectivity index (χ0) is 27.2. The fraction of sp³-hybridized carbons (Fsp3) is 0.375. The first-order valence-corrected chi connectivity index (χ1v) is 13.2. The number of esters is 1. The van der Waals surface area contributed by atoms with Crippen LogP contribution in [0, 0.1) is 5.82 Å². The Labute approximate surface area is 224 Å². The van der Waals surface area contributed by atoms with E-state index in [-0.39, 0.29) is 24.1 Å². The number of aliphatic hydroxyl groups excluding tert-OH is 1. The molecule has 1 N–H and O–H groups in total. The van der Waals surface area contributed by atoms with Gasteiger partial charge in [0, 0.05) is 23.2 Å². The third-order valence-corrected chi connectivity index (χ3v) is 6.65. The number of hydrogen-bond donors (Lipinski definition) is 1. The summed E-state index contributed by atoms with van der Waals surface area (Å²) in [5.41, 5.74) is 6.54. The molecule has 1 aromatic heterocycles. The Morgan fingerprint density at radius 1 is 1.03 bits per heavy atom. The highest BCUT2D eigenvalue weighted by molar-refractivity contribution is 5.80. The Morgan fingerprint density at radius 2 is 1.71 bits per heavy atom. The van der Waals surface area contributed by atoms with E-state index in [1.165, 1.54) is 12.1 Å². The molecule has 2 atom stereocenters. The molecule has 2 aromatic carbocycles. The molecule has 0 bridgehead atoms. The van der Waals surface area contributed by atoms with Gasteiger partial charge in [0.05, 0.1) is 31.4 Å². The second kappa shape index (κ2) is 12.5. The van der Waals surface area contributed by atoms with Crippen LogP contribution in [0.15, 0.2) is 60.7 Å². The molecule has 0 unspecified atom stereocenters. The average Bonchev–Trinajstić information content (AvgIpc) is 2.87. The Kier molecular flexibility index (Phi) is 9.08. The lowest BCUT2D eigenvalue weighted by Crippen LogP contribution is -2.31. The van der Waals surface area contributed by atoms with E-state index in [1.54, 1.807) is 12.1 Å².